The van der Waals surface area contributed by atoms with Gasteiger partial charge in [0.2, 0.25) is 23.6 Å². The summed E-state index contributed by atoms with van der Waals surface area (Å²) in [5, 5.41) is 26.1. The first kappa shape index (κ1) is 29.3. The quantitative estimate of drug-likeness (QED) is 0.157. The van der Waals surface area contributed by atoms with Crippen LogP contribution in [0.5, 0.6) is 0 Å². The van der Waals surface area contributed by atoms with Crippen LogP contribution in [0.3, 0.4) is 0 Å². The van der Waals surface area contributed by atoms with Crippen LogP contribution in [0.1, 0.15) is 53.9 Å². The third-order valence-corrected chi connectivity index (χ3v) is 4.94. The molecule has 0 spiro atoms. The molecule has 0 heterocycles. The molecule has 32 heavy (non-hydrogen) atoms. The Bertz CT molecular complexity index is 683. The molecular formula is C20H37N5O7. The van der Waals surface area contributed by atoms with Gasteiger partial charge < -0.3 is 37.6 Å². The Hall–Kier alpha value is -2.73. The molecule has 0 saturated carbocycles. The Morgan fingerprint density at radius 2 is 1.41 bits per heavy atom. The molecule has 9 N–H and O–H groups in total. The van der Waals surface area contributed by atoms with Crippen molar-refractivity contribution >= 4 is 29.6 Å². The van der Waals surface area contributed by atoms with Crippen molar-refractivity contribution in [3.63, 3.8) is 0 Å². The molecule has 0 saturated heterocycles. The summed E-state index contributed by atoms with van der Waals surface area (Å²) in [4.78, 5) is 60.3. The maximum atomic E-state index is 13.0. The van der Waals surface area contributed by atoms with Crippen molar-refractivity contribution in [3.05, 3.63) is 0 Å². The average molecular weight is 460 g/mol. The lowest BCUT2D eigenvalue weighted by Crippen LogP contribution is -2.59. The highest BCUT2D eigenvalue weighted by Gasteiger charge is 2.33. The van der Waals surface area contributed by atoms with E-state index in [0.717, 1.165) is 0 Å². The summed E-state index contributed by atoms with van der Waals surface area (Å²) in [5.74, 6) is -4.75. The van der Waals surface area contributed by atoms with Crippen LogP contribution < -0.4 is 27.4 Å². The van der Waals surface area contributed by atoms with Gasteiger partial charge in [-0.3, -0.25) is 19.2 Å². The minimum atomic E-state index is -1.55. The highest BCUT2D eigenvalue weighted by molar-refractivity contribution is 5.95. The minimum absolute atomic E-state index is 0.0403. The van der Waals surface area contributed by atoms with Gasteiger partial charge in [0.1, 0.15) is 12.1 Å². The first-order chi connectivity index (χ1) is 14.7. The van der Waals surface area contributed by atoms with E-state index in [4.69, 9.17) is 11.5 Å². The van der Waals surface area contributed by atoms with Crippen LogP contribution in [0.15, 0.2) is 0 Å². The number of aliphatic hydroxyl groups is 1. The van der Waals surface area contributed by atoms with Crippen LogP contribution in [0.2, 0.25) is 0 Å². The predicted molar refractivity (Wildman–Crippen MR) is 116 cm³/mol. The first-order valence-electron chi connectivity index (χ1n) is 10.6. The fourth-order valence-electron chi connectivity index (χ4n) is 2.88. The van der Waals surface area contributed by atoms with Crippen LogP contribution in [0, 0.1) is 11.8 Å². The van der Waals surface area contributed by atoms with Crippen LogP contribution >= 0.6 is 0 Å². The lowest BCUT2D eigenvalue weighted by Gasteiger charge is -2.28. The summed E-state index contributed by atoms with van der Waals surface area (Å²) in [6.07, 6.45) is -1.06. The molecule has 0 aliphatic rings. The van der Waals surface area contributed by atoms with E-state index in [-0.39, 0.29) is 18.3 Å². The molecule has 0 rings (SSSR count). The number of carbonyl (C=O) groups is 5. The standard InChI is InChI=1S/C20H37N5O7/c1-6-10(4)15(24-17(28)12(21)8-14(22)27)19(30)23-13(7-9(2)3)18(29)25-16(11(5)26)20(31)32/h9-13,15-16,26H,6-8,21H2,1-5H3,(H2,22,27)(H,23,30)(H,24,28)(H,25,29)(H,31,32). The van der Waals surface area contributed by atoms with E-state index in [2.05, 4.69) is 16.0 Å². The third-order valence-electron chi connectivity index (χ3n) is 4.94. The van der Waals surface area contributed by atoms with Gasteiger partial charge in [-0.15, -0.1) is 0 Å². The molecule has 6 atom stereocenters. The van der Waals surface area contributed by atoms with E-state index in [1.807, 2.05) is 13.8 Å². The summed E-state index contributed by atoms with van der Waals surface area (Å²) in [5.41, 5.74) is 10.7. The van der Waals surface area contributed by atoms with E-state index in [1.165, 1.54) is 6.92 Å². The van der Waals surface area contributed by atoms with Gasteiger partial charge in [-0.2, -0.15) is 0 Å². The second-order valence-electron chi connectivity index (χ2n) is 8.40. The van der Waals surface area contributed by atoms with Gasteiger partial charge in [0.25, 0.3) is 0 Å². The minimum Gasteiger partial charge on any atom is -0.480 e. The molecule has 0 radical (unpaired) electrons. The molecule has 0 aromatic heterocycles. The molecule has 0 aromatic rings. The van der Waals surface area contributed by atoms with Crippen LogP contribution in [-0.2, 0) is 24.0 Å². The normalized spacial score (nSPS) is 16.8. The second-order valence-corrected chi connectivity index (χ2v) is 8.40. The molecule has 0 aliphatic carbocycles. The largest absolute Gasteiger partial charge is 0.480 e. The number of rotatable bonds is 14. The monoisotopic (exact) mass is 459 g/mol. The van der Waals surface area contributed by atoms with Crippen LogP contribution in [-0.4, -0.2) is 70.1 Å². The zero-order chi connectivity index (χ0) is 25.2. The van der Waals surface area contributed by atoms with Crippen molar-refractivity contribution in [2.75, 3.05) is 0 Å². The number of hydrogen-bond acceptors (Lipinski definition) is 7. The number of nitrogens with one attached hydrogen (secondary N) is 3. The molecule has 0 bridgehead atoms. The fraction of sp³-hybridized carbons (Fsp3) is 0.750. The number of aliphatic hydroxyl groups excluding tert-OH is 1. The number of carboxylic acid groups (broad SMARTS) is 1. The number of amides is 4. The maximum Gasteiger partial charge on any atom is 0.328 e. The Morgan fingerprint density at radius 1 is 0.875 bits per heavy atom. The van der Waals surface area contributed by atoms with Gasteiger partial charge in [0.15, 0.2) is 6.04 Å². The summed E-state index contributed by atoms with van der Waals surface area (Å²) < 4.78 is 0. The predicted octanol–water partition coefficient (Wildman–Crippen LogP) is -1.80. The highest BCUT2D eigenvalue weighted by atomic mass is 16.4. The van der Waals surface area contributed by atoms with E-state index >= 15 is 0 Å². The maximum absolute atomic E-state index is 13.0. The van der Waals surface area contributed by atoms with Crippen molar-refractivity contribution in [1.82, 2.24) is 16.0 Å². The number of aliphatic carboxylic acids is 1. The highest BCUT2D eigenvalue weighted by Crippen LogP contribution is 2.11. The summed E-state index contributed by atoms with van der Waals surface area (Å²) in [6, 6.07) is -4.94. The van der Waals surface area contributed by atoms with E-state index in [9.17, 15) is 34.2 Å². The van der Waals surface area contributed by atoms with Crippen molar-refractivity contribution in [3.8, 4) is 0 Å². The summed E-state index contributed by atoms with van der Waals surface area (Å²) in [7, 11) is 0. The van der Waals surface area contributed by atoms with Crippen molar-refractivity contribution in [2.45, 2.75) is 84.2 Å². The van der Waals surface area contributed by atoms with E-state index < -0.39 is 66.3 Å². The number of hydrogen-bond donors (Lipinski definition) is 7. The van der Waals surface area contributed by atoms with Crippen molar-refractivity contribution < 1.29 is 34.2 Å². The number of carboxylic acids is 1. The first-order valence-corrected chi connectivity index (χ1v) is 10.6. The summed E-state index contributed by atoms with van der Waals surface area (Å²) >= 11 is 0. The smallest absolute Gasteiger partial charge is 0.328 e. The third kappa shape index (κ3) is 10.1. The SMILES string of the molecule is CCC(C)C(NC(=O)C(N)CC(N)=O)C(=O)NC(CC(C)C)C(=O)NC(C(=O)O)C(C)O. The Balaban J connectivity index is 5.57. The summed E-state index contributed by atoms with van der Waals surface area (Å²) in [6.45, 7) is 8.37. The second kappa shape index (κ2) is 13.6. The van der Waals surface area contributed by atoms with E-state index in [0.29, 0.717) is 6.42 Å². The lowest BCUT2D eigenvalue weighted by molar-refractivity contribution is -0.145. The molecule has 184 valence electrons. The molecular weight excluding hydrogens is 422 g/mol. The number of nitrogens with two attached hydrogens (primary N) is 2. The van der Waals surface area contributed by atoms with Crippen LogP contribution in [0.4, 0.5) is 0 Å². The molecule has 12 heteroatoms. The molecule has 12 nitrogen and oxygen atoms in total. The topological polar surface area (TPSA) is 214 Å². The van der Waals surface area contributed by atoms with Gasteiger partial charge >= 0.3 is 5.97 Å². The molecule has 0 aromatic carbocycles. The van der Waals surface area contributed by atoms with Gasteiger partial charge in [-0.1, -0.05) is 34.1 Å². The van der Waals surface area contributed by atoms with Gasteiger partial charge in [-0.25, -0.2) is 4.79 Å². The van der Waals surface area contributed by atoms with Gasteiger partial charge in [0, 0.05) is 0 Å². The number of carbonyl (C=O) groups excluding carboxylic acids is 4. The Labute approximate surface area is 187 Å². The molecule has 0 fully saturated rings. The van der Waals surface area contributed by atoms with Crippen LogP contribution in [0.25, 0.3) is 0 Å². The van der Waals surface area contributed by atoms with Crippen molar-refractivity contribution in [1.29, 1.82) is 0 Å². The zero-order valence-corrected chi connectivity index (χ0v) is 19.3. The molecule has 6 unspecified atom stereocenters. The Morgan fingerprint density at radius 3 is 1.81 bits per heavy atom. The average Bonchev–Trinajstić information content (AvgIpc) is 2.66. The van der Waals surface area contributed by atoms with E-state index in [1.54, 1.807) is 13.8 Å². The number of primary amides is 1. The van der Waals surface area contributed by atoms with Gasteiger partial charge in [0.05, 0.1) is 18.6 Å². The van der Waals surface area contributed by atoms with Crippen molar-refractivity contribution in [2.24, 2.45) is 23.3 Å². The fourth-order valence-corrected chi connectivity index (χ4v) is 2.88. The Kier molecular flexibility index (Phi) is 12.5. The molecule has 4 amide bonds. The molecule has 0 aliphatic heterocycles. The lowest BCUT2D eigenvalue weighted by atomic mass is 9.96. The zero-order valence-electron chi connectivity index (χ0n) is 19.3. The van der Waals surface area contributed by atoms with Gasteiger partial charge in [-0.05, 0) is 25.2 Å².